The molecule has 1 amide bonds. The van der Waals surface area contributed by atoms with Crippen molar-refractivity contribution in [2.45, 2.75) is 38.8 Å². The van der Waals surface area contributed by atoms with Crippen molar-refractivity contribution in [3.05, 3.63) is 95.1 Å². The fourth-order valence-corrected chi connectivity index (χ4v) is 3.50. The van der Waals surface area contributed by atoms with Crippen LogP contribution in [0.2, 0.25) is 0 Å². The third-order valence-corrected chi connectivity index (χ3v) is 5.25. The minimum Gasteiger partial charge on any atom is -0.493 e. The number of aryl methyl sites for hydroxylation is 1. The van der Waals surface area contributed by atoms with Crippen molar-refractivity contribution in [3.8, 4) is 11.5 Å². The van der Waals surface area contributed by atoms with Gasteiger partial charge in [0.25, 0.3) is 0 Å². The third kappa shape index (κ3) is 6.20. The van der Waals surface area contributed by atoms with Crippen molar-refractivity contribution >= 4 is 12.2 Å². The van der Waals surface area contributed by atoms with Crippen molar-refractivity contribution in [3.63, 3.8) is 0 Å². The second-order valence-electron chi connectivity index (χ2n) is 7.90. The zero-order valence-electron chi connectivity index (χ0n) is 18.7. The number of carbonyl (C=O) groups is 2. The summed E-state index contributed by atoms with van der Waals surface area (Å²) < 4.78 is 11.4. The standard InChI is InChI=1S/C27H29NO4/c1-19-9-12-23(13-10-19)24(17-29)27(30)28-20(2)15-22-11-14-25(26(16-22)31-3)32-18-21-7-5-4-6-8-21/h4-14,16-17,20,24H,15,18H2,1-3H3,(H,28,30). The first kappa shape index (κ1) is 23.1. The monoisotopic (exact) mass is 431 g/mol. The SMILES string of the molecule is COc1cc(CC(C)NC(=O)C(C=O)c2ccc(C)cc2)ccc1OCc1ccccc1. The maximum absolute atomic E-state index is 12.7. The molecule has 3 rings (SSSR count). The second-order valence-corrected chi connectivity index (χ2v) is 7.90. The highest BCUT2D eigenvalue weighted by Gasteiger charge is 2.21. The summed E-state index contributed by atoms with van der Waals surface area (Å²) in [6.07, 6.45) is 1.29. The van der Waals surface area contributed by atoms with Crippen molar-refractivity contribution in [1.82, 2.24) is 5.32 Å². The van der Waals surface area contributed by atoms with Gasteiger partial charge in [0.1, 0.15) is 18.8 Å². The summed E-state index contributed by atoms with van der Waals surface area (Å²) in [6.45, 7) is 4.34. The van der Waals surface area contributed by atoms with Crippen LogP contribution in [0.15, 0.2) is 72.8 Å². The van der Waals surface area contributed by atoms with Crippen LogP contribution in [-0.2, 0) is 22.6 Å². The Morgan fingerprint density at radius 2 is 1.69 bits per heavy atom. The van der Waals surface area contributed by atoms with Crippen molar-refractivity contribution in [2.24, 2.45) is 0 Å². The average Bonchev–Trinajstić information content (AvgIpc) is 2.80. The van der Waals surface area contributed by atoms with E-state index in [1.807, 2.05) is 86.6 Å². The van der Waals surface area contributed by atoms with Crippen LogP contribution in [0.3, 0.4) is 0 Å². The van der Waals surface area contributed by atoms with Crippen LogP contribution < -0.4 is 14.8 Å². The lowest BCUT2D eigenvalue weighted by molar-refractivity contribution is -0.126. The molecule has 0 saturated heterocycles. The van der Waals surface area contributed by atoms with E-state index in [9.17, 15) is 9.59 Å². The normalized spacial score (nSPS) is 12.5. The molecule has 0 fully saturated rings. The Morgan fingerprint density at radius 3 is 2.34 bits per heavy atom. The van der Waals surface area contributed by atoms with Crippen LogP contribution in [0.1, 0.15) is 35.1 Å². The van der Waals surface area contributed by atoms with Gasteiger partial charge in [-0.25, -0.2) is 0 Å². The molecule has 3 aromatic rings. The van der Waals surface area contributed by atoms with Gasteiger partial charge in [-0.1, -0.05) is 66.2 Å². The van der Waals surface area contributed by atoms with E-state index in [1.54, 1.807) is 7.11 Å². The number of rotatable bonds is 10. The van der Waals surface area contributed by atoms with Gasteiger partial charge in [-0.05, 0) is 49.1 Å². The summed E-state index contributed by atoms with van der Waals surface area (Å²) in [5, 5.41) is 2.95. The summed E-state index contributed by atoms with van der Waals surface area (Å²) >= 11 is 0. The molecule has 166 valence electrons. The van der Waals surface area contributed by atoms with E-state index in [4.69, 9.17) is 9.47 Å². The molecule has 0 aromatic heterocycles. The fraction of sp³-hybridized carbons (Fsp3) is 0.259. The van der Waals surface area contributed by atoms with E-state index in [0.717, 1.165) is 16.7 Å². The van der Waals surface area contributed by atoms with E-state index in [0.29, 0.717) is 36.4 Å². The van der Waals surface area contributed by atoms with Gasteiger partial charge in [-0.2, -0.15) is 0 Å². The van der Waals surface area contributed by atoms with E-state index < -0.39 is 5.92 Å². The van der Waals surface area contributed by atoms with Gasteiger partial charge in [0.15, 0.2) is 11.5 Å². The zero-order valence-corrected chi connectivity index (χ0v) is 18.7. The number of carbonyl (C=O) groups excluding carboxylic acids is 2. The predicted molar refractivity (Wildman–Crippen MR) is 125 cm³/mol. The summed E-state index contributed by atoms with van der Waals surface area (Å²) in [7, 11) is 1.61. The van der Waals surface area contributed by atoms with Crippen LogP contribution in [0, 0.1) is 6.92 Å². The van der Waals surface area contributed by atoms with Gasteiger partial charge < -0.3 is 19.6 Å². The van der Waals surface area contributed by atoms with Crippen LogP contribution >= 0.6 is 0 Å². The molecule has 5 heteroatoms. The molecule has 0 spiro atoms. The van der Waals surface area contributed by atoms with Crippen molar-refractivity contribution in [1.29, 1.82) is 0 Å². The maximum atomic E-state index is 12.7. The first-order valence-electron chi connectivity index (χ1n) is 10.7. The number of benzene rings is 3. The minimum atomic E-state index is -0.818. The quantitative estimate of drug-likeness (QED) is 0.376. The Hall–Kier alpha value is -3.60. The first-order valence-corrected chi connectivity index (χ1v) is 10.7. The molecule has 3 aromatic carbocycles. The van der Waals surface area contributed by atoms with Gasteiger partial charge in [-0.15, -0.1) is 0 Å². The summed E-state index contributed by atoms with van der Waals surface area (Å²) in [4.78, 5) is 24.2. The topological polar surface area (TPSA) is 64.6 Å². The molecule has 0 heterocycles. The summed E-state index contributed by atoms with van der Waals surface area (Å²) in [5.74, 6) is 0.187. The maximum Gasteiger partial charge on any atom is 0.234 e. The Balaban J connectivity index is 1.61. The Kier molecular flexibility index (Phi) is 8.03. The molecule has 0 aliphatic rings. The Bertz CT molecular complexity index is 1030. The highest BCUT2D eigenvalue weighted by molar-refractivity contribution is 5.97. The lowest BCUT2D eigenvalue weighted by Gasteiger charge is -2.18. The van der Waals surface area contributed by atoms with Crippen LogP contribution in [0.25, 0.3) is 0 Å². The number of amides is 1. The number of ether oxygens (including phenoxy) is 2. The molecule has 1 N–H and O–H groups in total. The largest absolute Gasteiger partial charge is 0.493 e. The molecule has 5 nitrogen and oxygen atoms in total. The van der Waals surface area contributed by atoms with Crippen LogP contribution in [0.4, 0.5) is 0 Å². The third-order valence-electron chi connectivity index (χ3n) is 5.25. The lowest BCUT2D eigenvalue weighted by Crippen LogP contribution is -2.38. The van der Waals surface area contributed by atoms with E-state index in [1.165, 1.54) is 0 Å². The van der Waals surface area contributed by atoms with Gasteiger partial charge in [0.2, 0.25) is 5.91 Å². The van der Waals surface area contributed by atoms with Crippen LogP contribution in [0.5, 0.6) is 11.5 Å². The van der Waals surface area contributed by atoms with E-state index in [2.05, 4.69) is 5.32 Å². The number of methoxy groups -OCH3 is 1. The molecule has 0 aliphatic heterocycles. The van der Waals surface area contributed by atoms with Gasteiger partial charge in [0, 0.05) is 6.04 Å². The molecule has 0 aliphatic carbocycles. The first-order chi connectivity index (χ1) is 15.5. The van der Waals surface area contributed by atoms with Gasteiger partial charge >= 0.3 is 0 Å². The Labute approximate surface area is 189 Å². The highest BCUT2D eigenvalue weighted by Crippen LogP contribution is 2.29. The van der Waals surface area contributed by atoms with Crippen molar-refractivity contribution in [2.75, 3.05) is 7.11 Å². The molecular weight excluding hydrogens is 402 g/mol. The smallest absolute Gasteiger partial charge is 0.234 e. The number of nitrogens with one attached hydrogen (secondary N) is 1. The number of hydrogen-bond acceptors (Lipinski definition) is 4. The van der Waals surface area contributed by atoms with Crippen LogP contribution in [-0.4, -0.2) is 25.3 Å². The molecular formula is C27H29NO4. The molecule has 32 heavy (non-hydrogen) atoms. The Morgan fingerprint density at radius 1 is 0.969 bits per heavy atom. The minimum absolute atomic E-state index is 0.156. The summed E-state index contributed by atoms with van der Waals surface area (Å²) in [5.41, 5.74) is 3.85. The zero-order chi connectivity index (χ0) is 22.9. The summed E-state index contributed by atoms with van der Waals surface area (Å²) in [6, 6.07) is 23.0. The predicted octanol–water partition coefficient (Wildman–Crippen LogP) is 4.61. The number of aldehydes is 1. The number of hydrogen-bond donors (Lipinski definition) is 1. The molecule has 2 atom stereocenters. The molecule has 0 saturated carbocycles. The molecule has 0 bridgehead atoms. The van der Waals surface area contributed by atoms with Gasteiger partial charge in [0.05, 0.1) is 7.11 Å². The van der Waals surface area contributed by atoms with Crippen molar-refractivity contribution < 1.29 is 19.1 Å². The van der Waals surface area contributed by atoms with Gasteiger partial charge in [-0.3, -0.25) is 4.79 Å². The molecule has 0 radical (unpaired) electrons. The van der Waals surface area contributed by atoms with E-state index >= 15 is 0 Å². The average molecular weight is 432 g/mol. The second kappa shape index (κ2) is 11.1. The highest BCUT2D eigenvalue weighted by atomic mass is 16.5. The lowest BCUT2D eigenvalue weighted by atomic mass is 9.98. The van der Waals surface area contributed by atoms with E-state index in [-0.39, 0.29) is 11.9 Å². The fourth-order valence-electron chi connectivity index (χ4n) is 3.50. The molecule has 2 unspecified atom stereocenters.